The van der Waals surface area contributed by atoms with Crippen LogP contribution in [0.3, 0.4) is 0 Å². The number of nitrogen functional groups attached to an aromatic ring is 1. The summed E-state index contributed by atoms with van der Waals surface area (Å²) in [5.74, 6) is 0.965. The first-order chi connectivity index (χ1) is 9.72. The maximum atomic E-state index is 12.5. The van der Waals surface area contributed by atoms with Crippen molar-refractivity contribution in [3.05, 3.63) is 54.0 Å². The maximum absolute atomic E-state index is 12.5. The van der Waals surface area contributed by atoms with Crippen molar-refractivity contribution in [2.75, 3.05) is 5.73 Å². The number of benzene rings is 1. The zero-order valence-electron chi connectivity index (χ0n) is 11.3. The second kappa shape index (κ2) is 5.41. The average Bonchev–Trinajstić information content (AvgIpc) is 3.12. The van der Waals surface area contributed by atoms with Gasteiger partial charge in [-0.2, -0.15) is 0 Å². The Bertz CT molecular complexity index is 588. The molecule has 0 bridgehead atoms. The Hall–Kier alpha value is -2.23. The minimum Gasteiger partial charge on any atom is -0.467 e. The van der Waals surface area contributed by atoms with Crippen molar-refractivity contribution in [1.29, 1.82) is 0 Å². The number of hydrogen-bond acceptors (Lipinski definition) is 3. The van der Waals surface area contributed by atoms with Crippen molar-refractivity contribution in [3.8, 4) is 0 Å². The molecule has 1 aliphatic carbocycles. The van der Waals surface area contributed by atoms with Gasteiger partial charge in [0.1, 0.15) is 5.76 Å². The summed E-state index contributed by atoms with van der Waals surface area (Å²) in [4.78, 5) is 14.4. The summed E-state index contributed by atoms with van der Waals surface area (Å²) in [6.07, 6.45) is 4.21. The molecule has 0 saturated heterocycles. The van der Waals surface area contributed by atoms with Gasteiger partial charge < -0.3 is 15.1 Å². The molecule has 20 heavy (non-hydrogen) atoms. The van der Waals surface area contributed by atoms with Gasteiger partial charge in [0.05, 0.1) is 19.2 Å². The first-order valence-corrected chi connectivity index (χ1v) is 6.88. The summed E-state index contributed by atoms with van der Waals surface area (Å²) < 4.78 is 5.35. The minimum atomic E-state index is 0.134. The molecule has 0 spiro atoms. The van der Waals surface area contributed by atoms with E-state index in [-0.39, 0.29) is 5.91 Å². The number of carbonyl (C=O) groups is 1. The molecule has 104 valence electrons. The molecule has 0 atom stereocenters. The van der Waals surface area contributed by atoms with E-state index in [4.69, 9.17) is 10.2 Å². The van der Waals surface area contributed by atoms with Crippen molar-refractivity contribution in [1.82, 2.24) is 4.90 Å². The van der Waals surface area contributed by atoms with Gasteiger partial charge in [-0.1, -0.05) is 12.1 Å². The molecule has 1 heterocycles. The van der Waals surface area contributed by atoms with Crippen molar-refractivity contribution in [2.24, 2.45) is 0 Å². The van der Waals surface area contributed by atoms with Crippen LogP contribution in [0, 0.1) is 0 Å². The first-order valence-electron chi connectivity index (χ1n) is 6.88. The van der Waals surface area contributed by atoms with Gasteiger partial charge in [0.25, 0.3) is 0 Å². The predicted molar refractivity (Wildman–Crippen MR) is 76.8 cm³/mol. The van der Waals surface area contributed by atoms with E-state index >= 15 is 0 Å². The van der Waals surface area contributed by atoms with E-state index in [2.05, 4.69) is 0 Å². The normalized spacial score (nSPS) is 14.2. The molecule has 4 heteroatoms. The SMILES string of the molecule is Nc1cccc(CC(=O)N(Cc2ccco2)C2CC2)c1. The fraction of sp³-hybridized carbons (Fsp3) is 0.312. The lowest BCUT2D eigenvalue weighted by atomic mass is 10.1. The van der Waals surface area contributed by atoms with Crippen molar-refractivity contribution >= 4 is 11.6 Å². The molecule has 0 radical (unpaired) electrons. The van der Waals surface area contributed by atoms with Crippen LogP contribution in [0.4, 0.5) is 5.69 Å². The van der Waals surface area contributed by atoms with Crippen LogP contribution < -0.4 is 5.73 Å². The zero-order chi connectivity index (χ0) is 13.9. The lowest BCUT2D eigenvalue weighted by Gasteiger charge is -2.21. The summed E-state index contributed by atoms with van der Waals surface area (Å²) in [6, 6.07) is 11.6. The molecule has 1 aromatic carbocycles. The molecule has 1 amide bonds. The Morgan fingerprint density at radius 1 is 1.30 bits per heavy atom. The van der Waals surface area contributed by atoms with Gasteiger partial charge in [0, 0.05) is 11.7 Å². The second-order valence-corrected chi connectivity index (χ2v) is 5.25. The van der Waals surface area contributed by atoms with Crippen LogP contribution in [0.15, 0.2) is 47.1 Å². The summed E-state index contributed by atoms with van der Waals surface area (Å²) in [5, 5.41) is 0. The Balaban J connectivity index is 1.69. The predicted octanol–water partition coefficient (Wildman–Crippen LogP) is 2.60. The number of anilines is 1. The van der Waals surface area contributed by atoms with Crippen molar-refractivity contribution in [2.45, 2.75) is 31.8 Å². The average molecular weight is 270 g/mol. The number of carbonyl (C=O) groups excluding carboxylic acids is 1. The molecular formula is C16H18N2O2. The number of amides is 1. The fourth-order valence-corrected chi connectivity index (χ4v) is 2.36. The highest BCUT2D eigenvalue weighted by Gasteiger charge is 2.32. The Morgan fingerprint density at radius 3 is 2.80 bits per heavy atom. The monoisotopic (exact) mass is 270 g/mol. The van der Waals surface area contributed by atoms with Crippen LogP contribution in [0.5, 0.6) is 0 Å². The van der Waals surface area contributed by atoms with Gasteiger partial charge in [0.15, 0.2) is 0 Å². The van der Waals surface area contributed by atoms with E-state index in [0.717, 1.165) is 24.2 Å². The van der Waals surface area contributed by atoms with Gasteiger partial charge in [-0.05, 0) is 42.7 Å². The summed E-state index contributed by atoms with van der Waals surface area (Å²) in [5.41, 5.74) is 7.40. The first kappa shape index (κ1) is 12.8. The van der Waals surface area contributed by atoms with Crippen LogP contribution in [0.25, 0.3) is 0 Å². The smallest absolute Gasteiger partial charge is 0.227 e. The third-order valence-electron chi connectivity index (χ3n) is 3.52. The molecule has 0 unspecified atom stereocenters. The van der Waals surface area contributed by atoms with Crippen LogP contribution in [0.1, 0.15) is 24.2 Å². The highest BCUT2D eigenvalue weighted by Crippen LogP contribution is 2.29. The summed E-state index contributed by atoms with van der Waals surface area (Å²) in [7, 11) is 0. The summed E-state index contributed by atoms with van der Waals surface area (Å²) in [6.45, 7) is 0.554. The molecular weight excluding hydrogens is 252 g/mol. The third kappa shape index (κ3) is 3.02. The van der Waals surface area contributed by atoms with E-state index in [1.54, 1.807) is 6.26 Å². The molecule has 1 saturated carbocycles. The quantitative estimate of drug-likeness (QED) is 0.849. The number of furan rings is 1. The number of nitrogens with zero attached hydrogens (tertiary/aromatic N) is 1. The lowest BCUT2D eigenvalue weighted by Crippen LogP contribution is -2.33. The van der Waals surface area contributed by atoms with Gasteiger partial charge >= 0.3 is 0 Å². The van der Waals surface area contributed by atoms with Gasteiger partial charge in [-0.15, -0.1) is 0 Å². The molecule has 2 N–H and O–H groups in total. The Morgan fingerprint density at radius 2 is 2.15 bits per heavy atom. The number of nitrogens with two attached hydrogens (primary N) is 1. The highest BCUT2D eigenvalue weighted by molar-refractivity contribution is 5.79. The minimum absolute atomic E-state index is 0.134. The van der Waals surface area contributed by atoms with Crippen molar-refractivity contribution in [3.63, 3.8) is 0 Å². The molecule has 1 aliphatic rings. The molecule has 2 aromatic rings. The Kier molecular flexibility index (Phi) is 3.46. The highest BCUT2D eigenvalue weighted by atomic mass is 16.3. The van der Waals surface area contributed by atoms with Crippen molar-refractivity contribution < 1.29 is 9.21 Å². The molecule has 1 aromatic heterocycles. The molecule has 1 fully saturated rings. The zero-order valence-corrected chi connectivity index (χ0v) is 11.3. The number of hydrogen-bond donors (Lipinski definition) is 1. The second-order valence-electron chi connectivity index (χ2n) is 5.25. The van der Waals surface area contributed by atoms with E-state index < -0.39 is 0 Å². The van der Waals surface area contributed by atoms with Crippen LogP contribution >= 0.6 is 0 Å². The topological polar surface area (TPSA) is 59.5 Å². The van der Waals surface area contributed by atoms with Gasteiger partial charge in [0.2, 0.25) is 5.91 Å². The van der Waals surface area contributed by atoms with E-state index in [1.807, 2.05) is 41.3 Å². The maximum Gasteiger partial charge on any atom is 0.227 e. The number of rotatable bonds is 5. The molecule has 0 aliphatic heterocycles. The lowest BCUT2D eigenvalue weighted by molar-refractivity contribution is -0.131. The van der Waals surface area contributed by atoms with Gasteiger partial charge in [-0.25, -0.2) is 0 Å². The fourth-order valence-electron chi connectivity index (χ4n) is 2.36. The standard InChI is InChI=1S/C16H18N2O2/c17-13-4-1-3-12(9-13)10-16(19)18(14-6-7-14)11-15-5-2-8-20-15/h1-5,8-9,14H,6-7,10-11,17H2. The Labute approximate surface area is 118 Å². The van der Waals surface area contributed by atoms with E-state index in [9.17, 15) is 4.79 Å². The molecule has 4 nitrogen and oxygen atoms in total. The van der Waals surface area contributed by atoms with E-state index in [0.29, 0.717) is 24.7 Å². The van der Waals surface area contributed by atoms with Crippen LogP contribution in [-0.4, -0.2) is 16.8 Å². The van der Waals surface area contributed by atoms with E-state index in [1.165, 1.54) is 0 Å². The largest absolute Gasteiger partial charge is 0.467 e. The van der Waals surface area contributed by atoms with Crippen LogP contribution in [0.2, 0.25) is 0 Å². The third-order valence-corrected chi connectivity index (χ3v) is 3.52. The van der Waals surface area contributed by atoms with Crippen LogP contribution in [-0.2, 0) is 17.8 Å². The molecule has 3 rings (SSSR count). The summed E-state index contributed by atoms with van der Waals surface area (Å²) >= 11 is 0. The van der Waals surface area contributed by atoms with Gasteiger partial charge in [-0.3, -0.25) is 4.79 Å².